The molecule has 0 spiro atoms. The highest BCUT2D eigenvalue weighted by Gasteiger charge is 2.14. The van der Waals surface area contributed by atoms with Crippen LogP contribution >= 0.6 is 31.9 Å². The summed E-state index contributed by atoms with van der Waals surface area (Å²) in [5.41, 5.74) is 3.16. The fourth-order valence-electron chi connectivity index (χ4n) is 2.03. The largest absolute Gasteiger partial charge is 0.497 e. The molecule has 0 N–H and O–H groups in total. The number of ether oxygens (including phenoxy) is 2. The third-order valence-corrected chi connectivity index (χ3v) is 4.81. The van der Waals surface area contributed by atoms with E-state index in [-0.39, 0.29) is 0 Å². The maximum absolute atomic E-state index is 5.98. The van der Waals surface area contributed by atoms with E-state index in [0.29, 0.717) is 6.61 Å². The van der Waals surface area contributed by atoms with Gasteiger partial charge in [-0.2, -0.15) is 5.10 Å². The summed E-state index contributed by atoms with van der Waals surface area (Å²) in [5, 5.41) is 5.21. The number of aryl methyl sites for hydroxylation is 2. The second-order valence-electron chi connectivity index (χ2n) is 4.58. The van der Waals surface area contributed by atoms with E-state index >= 15 is 0 Å². The molecule has 0 atom stereocenters. The maximum Gasteiger partial charge on any atom is 0.131 e. The normalized spacial score (nSPS) is 10.7. The van der Waals surface area contributed by atoms with Crippen molar-refractivity contribution in [2.75, 3.05) is 7.11 Å². The van der Waals surface area contributed by atoms with Gasteiger partial charge in [-0.1, -0.05) is 28.9 Å². The first-order valence-electron chi connectivity index (χ1n) is 6.66. The minimum absolute atomic E-state index is 0.456. The smallest absolute Gasteiger partial charge is 0.131 e. The Balaban J connectivity index is 2.21. The van der Waals surface area contributed by atoms with Crippen LogP contribution in [0.1, 0.15) is 23.9 Å². The van der Waals surface area contributed by atoms with Crippen LogP contribution in [0, 0.1) is 0 Å². The Morgan fingerprint density at radius 3 is 2.67 bits per heavy atom. The number of rotatable bonds is 6. The van der Waals surface area contributed by atoms with Crippen molar-refractivity contribution >= 4 is 31.9 Å². The monoisotopic (exact) mass is 416 g/mol. The molecule has 2 aromatic rings. The van der Waals surface area contributed by atoms with Crippen molar-refractivity contribution in [3.63, 3.8) is 0 Å². The molecule has 0 aliphatic carbocycles. The fourth-order valence-corrected chi connectivity index (χ4v) is 3.22. The van der Waals surface area contributed by atoms with Gasteiger partial charge in [-0.25, -0.2) is 0 Å². The number of aromatic nitrogens is 2. The Bertz CT molecular complexity index is 626. The van der Waals surface area contributed by atoms with Crippen LogP contribution in [0.3, 0.4) is 0 Å². The van der Waals surface area contributed by atoms with Gasteiger partial charge in [0.2, 0.25) is 0 Å². The molecule has 0 fully saturated rings. The number of methoxy groups -OCH3 is 1. The zero-order valence-corrected chi connectivity index (χ0v) is 15.5. The van der Waals surface area contributed by atoms with E-state index in [2.05, 4.69) is 43.9 Å². The lowest BCUT2D eigenvalue weighted by Gasteiger charge is -2.12. The van der Waals surface area contributed by atoms with Gasteiger partial charge in [0.1, 0.15) is 18.1 Å². The summed E-state index contributed by atoms with van der Waals surface area (Å²) in [6.45, 7) is 2.54. The average molecular weight is 418 g/mol. The van der Waals surface area contributed by atoms with Crippen molar-refractivity contribution in [1.82, 2.24) is 9.78 Å². The molecule has 1 heterocycles. The zero-order valence-electron chi connectivity index (χ0n) is 12.3. The summed E-state index contributed by atoms with van der Waals surface area (Å²) in [5.74, 6) is 1.60. The van der Waals surface area contributed by atoms with E-state index in [1.807, 2.05) is 29.9 Å². The highest BCUT2D eigenvalue weighted by atomic mass is 79.9. The van der Waals surface area contributed by atoms with Crippen molar-refractivity contribution in [1.29, 1.82) is 0 Å². The van der Waals surface area contributed by atoms with Crippen LogP contribution in [0.4, 0.5) is 0 Å². The van der Waals surface area contributed by atoms with Gasteiger partial charge in [0.25, 0.3) is 0 Å². The van der Waals surface area contributed by atoms with Crippen molar-refractivity contribution < 1.29 is 9.47 Å². The number of nitrogens with zero attached hydrogens (tertiary/aromatic N) is 2. The minimum Gasteiger partial charge on any atom is -0.497 e. The maximum atomic E-state index is 5.98. The van der Waals surface area contributed by atoms with Crippen LogP contribution < -0.4 is 9.47 Å². The van der Waals surface area contributed by atoms with E-state index in [4.69, 9.17) is 9.47 Å². The van der Waals surface area contributed by atoms with Crippen LogP contribution in [0.15, 0.2) is 22.7 Å². The van der Waals surface area contributed by atoms with E-state index in [1.54, 1.807) is 7.11 Å². The molecule has 0 aliphatic heterocycles. The summed E-state index contributed by atoms with van der Waals surface area (Å²) >= 11 is 7.08. The van der Waals surface area contributed by atoms with Gasteiger partial charge in [0, 0.05) is 24.0 Å². The van der Waals surface area contributed by atoms with Crippen molar-refractivity contribution in [2.24, 2.45) is 7.05 Å². The molecular formula is C15H18Br2N2O2. The molecular weight excluding hydrogens is 400 g/mol. The molecule has 6 heteroatoms. The van der Waals surface area contributed by atoms with Gasteiger partial charge in [0.05, 0.1) is 23.0 Å². The predicted octanol–water partition coefficient (Wildman–Crippen LogP) is 4.23. The predicted molar refractivity (Wildman–Crippen MR) is 90.2 cm³/mol. The molecule has 0 bridgehead atoms. The molecule has 0 radical (unpaired) electrons. The van der Waals surface area contributed by atoms with Crippen LogP contribution in [-0.4, -0.2) is 16.9 Å². The number of benzene rings is 1. The lowest BCUT2D eigenvalue weighted by Crippen LogP contribution is -2.05. The van der Waals surface area contributed by atoms with E-state index in [0.717, 1.165) is 44.7 Å². The van der Waals surface area contributed by atoms with Gasteiger partial charge in [-0.05, 0) is 28.4 Å². The standard InChI is InChI=1S/C15H18Br2N2O2/c1-4-12-15(17)13(19(2)18-12)9-21-14-7-11(20-3)6-5-10(14)8-16/h5-7H,4,8-9H2,1-3H3. The molecule has 1 aromatic heterocycles. The summed E-state index contributed by atoms with van der Waals surface area (Å²) in [7, 11) is 3.58. The van der Waals surface area contributed by atoms with Crippen LogP contribution in [-0.2, 0) is 25.4 Å². The molecule has 114 valence electrons. The first-order valence-corrected chi connectivity index (χ1v) is 8.58. The van der Waals surface area contributed by atoms with Crippen molar-refractivity contribution in [3.05, 3.63) is 39.6 Å². The molecule has 1 aromatic carbocycles. The lowest BCUT2D eigenvalue weighted by molar-refractivity contribution is 0.290. The molecule has 0 aliphatic rings. The van der Waals surface area contributed by atoms with Gasteiger partial charge in [-0.15, -0.1) is 0 Å². The lowest BCUT2D eigenvalue weighted by atomic mass is 10.2. The number of hydrogen-bond donors (Lipinski definition) is 0. The van der Waals surface area contributed by atoms with Crippen LogP contribution in [0.5, 0.6) is 11.5 Å². The second-order valence-corrected chi connectivity index (χ2v) is 5.93. The van der Waals surface area contributed by atoms with E-state index < -0.39 is 0 Å². The quantitative estimate of drug-likeness (QED) is 0.660. The zero-order chi connectivity index (χ0) is 15.4. The summed E-state index contributed by atoms with van der Waals surface area (Å²) in [6.07, 6.45) is 0.889. The summed E-state index contributed by atoms with van der Waals surface area (Å²) in [4.78, 5) is 0. The molecule has 0 saturated carbocycles. The van der Waals surface area contributed by atoms with Gasteiger partial charge in [0.15, 0.2) is 0 Å². The Kier molecular flexibility index (Phi) is 5.70. The number of halogens is 2. The Morgan fingerprint density at radius 1 is 1.33 bits per heavy atom. The highest BCUT2D eigenvalue weighted by molar-refractivity contribution is 9.10. The second kappa shape index (κ2) is 7.31. The fraction of sp³-hybridized carbons (Fsp3) is 0.400. The summed E-state index contributed by atoms with van der Waals surface area (Å²) in [6, 6.07) is 5.83. The Morgan fingerprint density at radius 2 is 2.10 bits per heavy atom. The Hall–Kier alpha value is -1.01. The Labute approximate surface area is 141 Å². The SMILES string of the molecule is CCc1nn(C)c(COc2cc(OC)ccc2CBr)c1Br. The average Bonchev–Trinajstić information content (AvgIpc) is 2.79. The van der Waals surface area contributed by atoms with Crippen LogP contribution in [0.2, 0.25) is 0 Å². The topological polar surface area (TPSA) is 36.3 Å². The van der Waals surface area contributed by atoms with Gasteiger partial charge < -0.3 is 9.47 Å². The number of hydrogen-bond acceptors (Lipinski definition) is 3. The van der Waals surface area contributed by atoms with Crippen LogP contribution in [0.25, 0.3) is 0 Å². The molecule has 4 nitrogen and oxygen atoms in total. The van der Waals surface area contributed by atoms with E-state index in [9.17, 15) is 0 Å². The third-order valence-electron chi connectivity index (χ3n) is 3.29. The van der Waals surface area contributed by atoms with Gasteiger partial charge >= 0.3 is 0 Å². The third kappa shape index (κ3) is 3.61. The molecule has 21 heavy (non-hydrogen) atoms. The molecule has 0 unspecified atom stereocenters. The van der Waals surface area contributed by atoms with Gasteiger partial charge in [-0.3, -0.25) is 4.68 Å². The first kappa shape index (κ1) is 16.4. The molecule has 0 amide bonds. The van der Waals surface area contributed by atoms with E-state index in [1.165, 1.54) is 0 Å². The minimum atomic E-state index is 0.456. The van der Waals surface area contributed by atoms with Crippen molar-refractivity contribution in [3.8, 4) is 11.5 Å². The highest BCUT2D eigenvalue weighted by Crippen LogP contribution is 2.29. The van der Waals surface area contributed by atoms with Crippen molar-refractivity contribution in [2.45, 2.75) is 25.3 Å². The molecule has 0 saturated heterocycles. The molecule has 2 rings (SSSR count). The summed E-state index contributed by atoms with van der Waals surface area (Å²) < 4.78 is 14.1. The first-order chi connectivity index (χ1) is 10.1. The number of alkyl halides is 1.